The van der Waals surface area contributed by atoms with Crippen LogP contribution in [0.4, 0.5) is 0 Å². The van der Waals surface area contributed by atoms with Gasteiger partial charge in [-0.15, -0.1) is 19.7 Å². The topological polar surface area (TPSA) is 0 Å². The minimum atomic E-state index is -2.81. The van der Waals surface area contributed by atoms with Gasteiger partial charge in [0.25, 0.3) is 0 Å². The third-order valence-corrected chi connectivity index (χ3v) is 23.5. The summed E-state index contributed by atoms with van der Waals surface area (Å²) in [6.45, 7) is 14.0. The molecule has 0 aliphatic heterocycles. The van der Waals surface area contributed by atoms with Gasteiger partial charge < -0.3 is 0 Å². The molecule has 7 aromatic rings. The lowest BCUT2D eigenvalue weighted by Gasteiger charge is -2.38. The van der Waals surface area contributed by atoms with Gasteiger partial charge in [-0.2, -0.15) is 0 Å². The van der Waals surface area contributed by atoms with Crippen LogP contribution >= 0.6 is 0 Å². The summed E-state index contributed by atoms with van der Waals surface area (Å²) in [7, 11) is -8.42. The van der Waals surface area contributed by atoms with Gasteiger partial charge in [0, 0.05) is 0 Å². The van der Waals surface area contributed by atoms with Crippen molar-refractivity contribution in [2.45, 2.75) is 0 Å². The molecule has 0 aliphatic rings. The summed E-state index contributed by atoms with van der Waals surface area (Å²) >= 11 is 0. The molecule has 0 aliphatic carbocycles. The maximum atomic E-state index is 4.66. The van der Waals surface area contributed by atoms with E-state index in [1.54, 1.807) is 0 Å². The van der Waals surface area contributed by atoms with Gasteiger partial charge in [0.15, 0.2) is 24.2 Å². The van der Waals surface area contributed by atoms with E-state index in [2.05, 4.69) is 237 Å². The second-order valence-electron chi connectivity index (χ2n) is 13.0. The molecular formula is C48H42Si3. The van der Waals surface area contributed by atoms with E-state index in [0.717, 1.165) is 0 Å². The van der Waals surface area contributed by atoms with Crippen LogP contribution in [-0.4, -0.2) is 24.2 Å². The van der Waals surface area contributed by atoms with Crippen LogP contribution in [0.15, 0.2) is 237 Å². The number of rotatable bonds is 12. The Hall–Kier alpha value is -5.59. The van der Waals surface area contributed by atoms with E-state index in [-0.39, 0.29) is 0 Å². The van der Waals surface area contributed by atoms with Gasteiger partial charge in [0.2, 0.25) is 0 Å². The smallest absolute Gasteiger partial charge is 0.106 e. The first-order chi connectivity index (χ1) is 25.1. The molecule has 0 amide bonds. The summed E-state index contributed by atoms with van der Waals surface area (Å²) in [4.78, 5) is 0. The van der Waals surface area contributed by atoms with Gasteiger partial charge in [-0.1, -0.05) is 217 Å². The summed E-state index contributed by atoms with van der Waals surface area (Å²) in [6, 6.07) is 73.9. The molecule has 0 N–H and O–H groups in total. The highest BCUT2D eigenvalue weighted by Crippen LogP contribution is 2.15. The first-order valence-electron chi connectivity index (χ1n) is 17.5. The van der Waals surface area contributed by atoms with Gasteiger partial charge in [-0.3, -0.25) is 0 Å². The molecule has 0 heterocycles. The standard InChI is InChI=1S/C48H42Si3/c1-4-49(40-25-13-7-14-26-40,41-27-15-8-16-28-41)46-37-47(50(5-2,42-29-17-9-18-30-42)43-31-19-10-20-32-43)39-48(38-46)51(6-3,44-33-21-11-22-34-44)45-35-23-12-24-36-45/h4-39H,1-3H2. The largest absolute Gasteiger partial charge is 0.171 e. The number of hydrogen-bond donors (Lipinski definition) is 0. The lowest BCUT2D eigenvalue weighted by molar-refractivity contribution is 1.67. The SMILES string of the molecule is C=C[Si](c1ccccc1)(c1ccccc1)c1cc([Si](C=C)(c2ccccc2)c2ccccc2)cc([Si](C=C)(c2ccccc2)c2ccccc2)c1. The maximum absolute atomic E-state index is 4.66. The molecule has 0 fully saturated rings. The first kappa shape index (κ1) is 33.9. The quantitative estimate of drug-likeness (QED) is 0.120. The Morgan fingerprint density at radius 2 is 0.392 bits per heavy atom. The lowest BCUT2D eigenvalue weighted by Crippen LogP contribution is -2.73. The van der Waals surface area contributed by atoms with Crippen molar-refractivity contribution in [1.82, 2.24) is 0 Å². The molecule has 7 rings (SSSR count). The zero-order valence-electron chi connectivity index (χ0n) is 28.9. The zero-order chi connectivity index (χ0) is 35.2. The third-order valence-electron chi connectivity index (χ3n) is 10.6. The fourth-order valence-corrected chi connectivity index (χ4v) is 20.2. The Kier molecular flexibility index (Phi) is 9.78. The molecule has 0 saturated carbocycles. The average molecular weight is 703 g/mol. The molecule has 246 valence electrons. The van der Waals surface area contributed by atoms with Crippen LogP contribution in [0.25, 0.3) is 0 Å². The molecule has 0 saturated heterocycles. The Bertz CT molecular complexity index is 1840. The second-order valence-corrected chi connectivity index (χ2v) is 24.3. The molecule has 7 aromatic carbocycles. The van der Waals surface area contributed by atoms with E-state index in [4.69, 9.17) is 0 Å². The number of hydrogen-bond acceptors (Lipinski definition) is 0. The highest BCUT2D eigenvalue weighted by molar-refractivity contribution is 7.19. The van der Waals surface area contributed by atoms with Gasteiger partial charge in [-0.05, 0) is 46.7 Å². The molecule has 0 spiro atoms. The summed E-state index contributed by atoms with van der Waals surface area (Å²) < 4.78 is 0. The highest BCUT2D eigenvalue weighted by atomic mass is 28.3. The average Bonchev–Trinajstić information content (AvgIpc) is 3.22. The molecule has 0 atom stereocenters. The van der Waals surface area contributed by atoms with Crippen molar-refractivity contribution < 1.29 is 0 Å². The third kappa shape index (κ3) is 5.79. The van der Waals surface area contributed by atoms with Gasteiger partial charge in [0.1, 0.15) is 0 Å². The fraction of sp³-hybridized carbons (Fsp3) is 0. The van der Waals surface area contributed by atoms with Crippen LogP contribution in [0.1, 0.15) is 0 Å². The minimum absolute atomic E-state index is 1.31. The molecule has 51 heavy (non-hydrogen) atoms. The lowest BCUT2D eigenvalue weighted by atomic mass is 10.3. The Labute approximate surface area is 306 Å². The Balaban J connectivity index is 1.69. The van der Waals surface area contributed by atoms with Crippen LogP contribution in [-0.2, 0) is 0 Å². The van der Waals surface area contributed by atoms with Gasteiger partial charge in [0.05, 0.1) is 0 Å². The predicted octanol–water partition coefficient (Wildman–Crippen LogP) is 5.27. The monoisotopic (exact) mass is 702 g/mol. The molecule has 0 bridgehead atoms. The van der Waals surface area contributed by atoms with Crippen LogP contribution < -0.4 is 46.7 Å². The summed E-state index contributed by atoms with van der Waals surface area (Å²) in [5, 5.41) is 11.8. The van der Waals surface area contributed by atoms with E-state index in [9.17, 15) is 0 Å². The second kappa shape index (κ2) is 14.7. The molecule has 0 nitrogen and oxygen atoms in total. The molecule has 0 unspecified atom stereocenters. The van der Waals surface area contributed by atoms with Crippen molar-refractivity contribution in [1.29, 1.82) is 0 Å². The van der Waals surface area contributed by atoms with Gasteiger partial charge in [-0.25, -0.2) is 0 Å². The Morgan fingerprint density at radius 3 is 0.529 bits per heavy atom. The predicted molar refractivity (Wildman–Crippen MR) is 230 cm³/mol. The Morgan fingerprint density at radius 1 is 0.235 bits per heavy atom. The van der Waals surface area contributed by atoms with Crippen LogP contribution in [0.2, 0.25) is 0 Å². The summed E-state index contributed by atoms with van der Waals surface area (Å²) in [5.41, 5.74) is 6.85. The minimum Gasteiger partial charge on any atom is -0.106 e. The molecular weight excluding hydrogens is 661 g/mol. The van der Waals surface area contributed by atoms with E-state index in [0.29, 0.717) is 0 Å². The van der Waals surface area contributed by atoms with E-state index in [1.165, 1.54) is 46.7 Å². The van der Waals surface area contributed by atoms with Crippen LogP contribution in [0.3, 0.4) is 0 Å². The number of benzene rings is 7. The summed E-state index contributed by atoms with van der Waals surface area (Å²) in [5.74, 6) is 0. The van der Waals surface area contributed by atoms with Crippen molar-refractivity contribution in [3.05, 3.63) is 237 Å². The summed E-state index contributed by atoms with van der Waals surface area (Å²) in [6.07, 6.45) is 0. The molecule has 0 radical (unpaired) electrons. The van der Waals surface area contributed by atoms with Crippen molar-refractivity contribution in [3.8, 4) is 0 Å². The van der Waals surface area contributed by atoms with E-state index >= 15 is 0 Å². The fourth-order valence-electron chi connectivity index (χ4n) is 8.08. The van der Waals surface area contributed by atoms with Crippen molar-refractivity contribution >= 4 is 70.9 Å². The normalized spacial score (nSPS) is 11.8. The van der Waals surface area contributed by atoms with Crippen LogP contribution in [0, 0.1) is 0 Å². The van der Waals surface area contributed by atoms with Gasteiger partial charge >= 0.3 is 0 Å². The highest BCUT2D eigenvalue weighted by Gasteiger charge is 2.44. The van der Waals surface area contributed by atoms with E-state index < -0.39 is 24.2 Å². The van der Waals surface area contributed by atoms with Crippen LogP contribution in [0.5, 0.6) is 0 Å². The maximum Gasteiger partial charge on any atom is 0.171 e. The molecule has 0 aromatic heterocycles. The zero-order valence-corrected chi connectivity index (χ0v) is 31.9. The van der Waals surface area contributed by atoms with Crippen molar-refractivity contribution in [2.24, 2.45) is 0 Å². The molecule has 3 heteroatoms. The first-order valence-corrected chi connectivity index (χ1v) is 23.8. The van der Waals surface area contributed by atoms with Crippen molar-refractivity contribution in [3.63, 3.8) is 0 Å². The van der Waals surface area contributed by atoms with E-state index in [1.807, 2.05) is 0 Å². The van der Waals surface area contributed by atoms with Crippen molar-refractivity contribution in [2.75, 3.05) is 0 Å².